The molecule has 3 heteroatoms. The van der Waals surface area contributed by atoms with Crippen molar-refractivity contribution in [1.82, 2.24) is 0 Å². The van der Waals surface area contributed by atoms with E-state index in [1.54, 1.807) is 0 Å². The van der Waals surface area contributed by atoms with Crippen LogP contribution in [-0.2, 0) is 0 Å². The highest BCUT2D eigenvalue weighted by Crippen LogP contribution is 2.70. The van der Waals surface area contributed by atoms with Gasteiger partial charge in [-0.1, -0.05) is 34.1 Å². The molecule has 4 aliphatic rings. The Hall–Kier alpha value is -0.180. The Morgan fingerprint density at radius 3 is 2.36 bits per heavy atom. The van der Waals surface area contributed by atoms with Crippen LogP contribution in [0.1, 0.15) is 91.9 Å². The molecule has 0 bridgehead atoms. The summed E-state index contributed by atoms with van der Waals surface area (Å²) in [4.78, 5) is 0. The molecule has 0 radical (unpaired) electrons. The summed E-state index contributed by atoms with van der Waals surface area (Å²) in [6, 6.07) is 0. The van der Waals surface area contributed by atoms with Crippen molar-refractivity contribution in [2.24, 2.45) is 58.0 Å². The van der Waals surface area contributed by atoms with Crippen molar-refractivity contribution in [3.8, 4) is 0 Å². The van der Waals surface area contributed by atoms with E-state index in [2.05, 4.69) is 27.7 Å². The van der Waals surface area contributed by atoms with Crippen molar-refractivity contribution in [3.05, 3.63) is 0 Å². The fourth-order valence-corrected chi connectivity index (χ4v) is 9.30. The molecule has 0 heterocycles. The molecule has 0 aromatic carbocycles. The summed E-state index contributed by atoms with van der Waals surface area (Å²) in [6.07, 6.45) is 9.79. The molecule has 0 saturated heterocycles. The predicted molar refractivity (Wildman–Crippen MR) is 112 cm³/mol. The molecule has 0 amide bonds. The molecule has 4 saturated carbocycles. The van der Waals surface area contributed by atoms with Crippen molar-refractivity contribution in [2.45, 2.75) is 97.8 Å². The molecule has 4 rings (SSSR count). The molecule has 162 valence electrons. The number of nitrogens with two attached hydrogens (primary N) is 1. The summed E-state index contributed by atoms with van der Waals surface area (Å²) in [5.41, 5.74) is 6.50. The largest absolute Gasteiger partial charge is 0.330 e. The molecule has 1 nitrogen and oxygen atoms in total. The fourth-order valence-electron chi connectivity index (χ4n) is 9.30. The Morgan fingerprint density at radius 1 is 0.964 bits per heavy atom. The lowest BCUT2D eigenvalue weighted by Gasteiger charge is -2.63. The highest BCUT2D eigenvalue weighted by molar-refractivity contribution is 5.11. The average molecular weight is 396 g/mol. The van der Waals surface area contributed by atoms with E-state index in [0.29, 0.717) is 17.3 Å². The second-order valence-corrected chi connectivity index (χ2v) is 11.7. The van der Waals surface area contributed by atoms with Gasteiger partial charge in [0.25, 0.3) is 0 Å². The summed E-state index contributed by atoms with van der Waals surface area (Å²) in [5.74, 6) is 2.10. The Balaban J connectivity index is 1.62. The van der Waals surface area contributed by atoms with Gasteiger partial charge >= 0.3 is 0 Å². The van der Waals surface area contributed by atoms with E-state index < -0.39 is 5.92 Å². The van der Waals surface area contributed by atoms with Gasteiger partial charge in [0.1, 0.15) is 0 Å². The highest BCUT2D eigenvalue weighted by Gasteiger charge is 2.63. The number of hydrogen-bond donors (Lipinski definition) is 1. The van der Waals surface area contributed by atoms with Crippen molar-refractivity contribution in [2.75, 3.05) is 6.54 Å². The quantitative estimate of drug-likeness (QED) is 0.550. The molecular formula is C25H43F2N. The Kier molecular flexibility index (Phi) is 5.42. The third-order valence-electron chi connectivity index (χ3n) is 10.7. The minimum absolute atomic E-state index is 0.123. The van der Waals surface area contributed by atoms with Crippen LogP contribution in [0, 0.1) is 52.3 Å². The summed E-state index contributed by atoms with van der Waals surface area (Å²) in [5, 5.41) is 0. The Labute approximate surface area is 171 Å². The summed E-state index contributed by atoms with van der Waals surface area (Å²) >= 11 is 0. The summed E-state index contributed by atoms with van der Waals surface area (Å²) in [6.45, 7) is 10.5. The molecule has 0 aromatic heterocycles. The predicted octanol–water partition coefficient (Wildman–Crippen LogP) is 6.90. The van der Waals surface area contributed by atoms with E-state index in [0.717, 1.165) is 49.5 Å². The molecule has 9 atom stereocenters. The highest BCUT2D eigenvalue weighted by atomic mass is 19.3. The minimum Gasteiger partial charge on any atom is -0.330 e. The molecule has 2 N–H and O–H groups in total. The molecular weight excluding hydrogens is 352 g/mol. The van der Waals surface area contributed by atoms with E-state index in [1.807, 2.05) is 0 Å². The molecule has 0 aromatic rings. The van der Waals surface area contributed by atoms with Crippen LogP contribution in [0.15, 0.2) is 0 Å². The van der Waals surface area contributed by atoms with E-state index >= 15 is 0 Å². The first-order valence-electron chi connectivity index (χ1n) is 12.2. The molecule has 4 aliphatic carbocycles. The van der Waals surface area contributed by atoms with Crippen LogP contribution in [0.3, 0.4) is 0 Å². The third kappa shape index (κ3) is 3.08. The first-order chi connectivity index (χ1) is 13.2. The van der Waals surface area contributed by atoms with Gasteiger partial charge in [0.15, 0.2) is 0 Å². The normalized spacial score (nSPS) is 51.1. The maximum atomic E-state index is 14.4. The van der Waals surface area contributed by atoms with Crippen molar-refractivity contribution in [3.63, 3.8) is 0 Å². The minimum atomic E-state index is -2.43. The molecule has 5 unspecified atom stereocenters. The van der Waals surface area contributed by atoms with E-state index in [4.69, 9.17) is 5.73 Å². The first-order valence-corrected chi connectivity index (χ1v) is 12.2. The third-order valence-corrected chi connectivity index (χ3v) is 10.7. The number of rotatable bonds is 4. The van der Waals surface area contributed by atoms with Gasteiger partial charge in [0.2, 0.25) is 5.92 Å². The van der Waals surface area contributed by atoms with E-state index in [-0.39, 0.29) is 24.2 Å². The van der Waals surface area contributed by atoms with E-state index in [9.17, 15) is 8.78 Å². The lowest BCUT2D eigenvalue weighted by Crippen LogP contribution is -2.57. The lowest BCUT2D eigenvalue weighted by atomic mass is 9.42. The zero-order valence-electron chi connectivity index (χ0n) is 18.7. The van der Waals surface area contributed by atoms with Gasteiger partial charge in [-0.05, 0) is 104 Å². The van der Waals surface area contributed by atoms with Crippen molar-refractivity contribution < 1.29 is 8.78 Å². The summed E-state index contributed by atoms with van der Waals surface area (Å²) in [7, 11) is 0. The monoisotopic (exact) mass is 395 g/mol. The second kappa shape index (κ2) is 7.20. The Morgan fingerprint density at radius 2 is 1.68 bits per heavy atom. The van der Waals surface area contributed by atoms with Gasteiger partial charge in [-0.3, -0.25) is 0 Å². The number of fused-ring (bicyclic) bond motifs is 5. The van der Waals surface area contributed by atoms with Crippen LogP contribution in [0.4, 0.5) is 8.78 Å². The van der Waals surface area contributed by atoms with E-state index in [1.165, 1.54) is 32.1 Å². The molecule has 28 heavy (non-hydrogen) atoms. The van der Waals surface area contributed by atoms with Gasteiger partial charge < -0.3 is 5.73 Å². The van der Waals surface area contributed by atoms with Crippen LogP contribution < -0.4 is 5.73 Å². The fraction of sp³-hybridized carbons (Fsp3) is 1.00. The van der Waals surface area contributed by atoms with Gasteiger partial charge in [-0.15, -0.1) is 0 Å². The van der Waals surface area contributed by atoms with Crippen LogP contribution in [0.5, 0.6) is 0 Å². The number of alkyl halides is 2. The standard InChI is InChI=1S/C25H43F2N/c1-5-17-14-18-20-7-6-19(16(2)9-13-28)23(20,3)10-8-21(18)24(4)11-12-25(26,27)15-22(17)24/h16-22H,5-15,28H2,1-4H3/t16-,17+,18?,19?,20+,21+,22?,23?,24?/m1/s1. The topological polar surface area (TPSA) is 26.0 Å². The van der Waals surface area contributed by atoms with Crippen LogP contribution >= 0.6 is 0 Å². The number of hydrogen-bond acceptors (Lipinski definition) is 1. The SMILES string of the molecule is CC[C@H]1CC2[C@H](CCC3(C)C([C@H](C)CCN)CC[C@@H]23)C2(C)CCC(F)(F)CC12. The second-order valence-electron chi connectivity index (χ2n) is 11.7. The van der Waals surface area contributed by atoms with Crippen LogP contribution in [-0.4, -0.2) is 12.5 Å². The lowest BCUT2D eigenvalue weighted by molar-refractivity contribution is -0.184. The molecule has 0 aliphatic heterocycles. The maximum Gasteiger partial charge on any atom is 0.248 e. The average Bonchev–Trinajstić information content (AvgIpc) is 2.99. The zero-order chi connectivity index (χ0) is 20.3. The van der Waals surface area contributed by atoms with Crippen molar-refractivity contribution >= 4 is 0 Å². The van der Waals surface area contributed by atoms with Crippen LogP contribution in [0.2, 0.25) is 0 Å². The van der Waals surface area contributed by atoms with Crippen molar-refractivity contribution in [1.29, 1.82) is 0 Å². The maximum absolute atomic E-state index is 14.4. The van der Waals surface area contributed by atoms with Gasteiger partial charge in [-0.2, -0.15) is 0 Å². The van der Waals surface area contributed by atoms with Crippen LogP contribution in [0.25, 0.3) is 0 Å². The first kappa shape index (κ1) is 21.1. The Bertz CT molecular complexity index is 577. The van der Waals surface area contributed by atoms with Gasteiger partial charge in [0.05, 0.1) is 0 Å². The van der Waals surface area contributed by atoms with Gasteiger partial charge in [0, 0.05) is 12.8 Å². The van der Waals surface area contributed by atoms with Gasteiger partial charge in [-0.25, -0.2) is 8.78 Å². The zero-order valence-corrected chi connectivity index (χ0v) is 18.7. The summed E-state index contributed by atoms with van der Waals surface area (Å²) < 4.78 is 28.7. The molecule has 4 fully saturated rings. The smallest absolute Gasteiger partial charge is 0.248 e. The molecule has 0 spiro atoms. The number of halogens is 2.